The fourth-order valence-electron chi connectivity index (χ4n) is 3.18. The van der Waals surface area contributed by atoms with Crippen LogP contribution in [0.15, 0.2) is 0 Å². The summed E-state index contributed by atoms with van der Waals surface area (Å²) in [7, 11) is 0. The predicted octanol–water partition coefficient (Wildman–Crippen LogP) is 2.10. The number of hydrogen-bond acceptors (Lipinski definition) is 5. The highest BCUT2D eigenvalue weighted by molar-refractivity contribution is 8.00. The van der Waals surface area contributed by atoms with Gasteiger partial charge in [0.15, 0.2) is 5.82 Å². The van der Waals surface area contributed by atoms with Gasteiger partial charge in [0.1, 0.15) is 6.54 Å². The van der Waals surface area contributed by atoms with E-state index in [1.54, 1.807) is 0 Å². The zero-order chi connectivity index (χ0) is 14.9. The average Bonchev–Trinajstić information content (AvgIpc) is 2.84. The Hall–Kier alpha value is -0.830. The molecule has 0 spiro atoms. The van der Waals surface area contributed by atoms with Gasteiger partial charge in [0.05, 0.1) is 6.54 Å². The van der Waals surface area contributed by atoms with Crippen molar-refractivity contribution in [2.45, 2.75) is 56.2 Å². The maximum absolute atomic E-state index is 12.5. The first-order valence-corrected chi connectivity index (χ1v) is 8.25. The minimum Gasteiger partial charge on any atom is -0.291 e. The molecule has 0 aromatic carbocycles. The summed E-state index contributed by atoms with van der Waals surface area (Å²) < 4.78 is 38.4. The Morgan fingerprint density at radius 1 is 1.24 bits per heavy atom. The van der Waals surface area contributed by atoms with E-state index < -0.39 is 12.7 Å². The number of nitrogens with zero attached hydrogens (tertiary/aromatic N) is 5. The van der Waals surface area contributed by atoms with Gasteiger partial charge in [0.2, 0.25) is 0 Å². The van der Waals surface area contributed by atoms with Gasteiger partial charge in [-0.25, -0.2) is 4.68 Å². The minimum absolute atomic E-state index is 0.309. The number of fused-ring (bicyclic) bond motifs is 1. The van der Waals surface area contributed by atoms with Crippen molar-refractivity contribution < 1.29 is 13.2 Å². The van der Waals surface area contributed by atoms with Crippen molar-refractivity contribution >= 4 is 11.8 Å². The van der Waals surface area contributed by atoms with Crippen molar-refractivity contribution in [2.24, 2.45) is 0 Å². The highest BCUT2D eigenvalue weighted by Crippen LogP contribution is 2.36. The molecule has 0 unspecified atom stereocenters. The molecule has 0 radical (unpaired) electrons. The van der Waals surface area contributed by atoms with Crippen LogP contribution in [0.3, 0.4) is 0 Å². The molecular weight excluding hydrogens is 303 g/mol. The van der Waals surface area contributed by atoms with Crippen molar-refractivity contribution in [1.82, 2.24) is 25.1 Å². The lowest BCUT2D eigenvalue weighted by Crippen LogP contribution is -2.48. The highest BCUT2D eigenvalue weighted by Gasteiger charge is 2.35. The third-order valence-corrected chi connectivity index (χ3v) is 5.52. The Labute approximate surface area is 125 Å². The molecule has 3 rings (SSSR count). The van der Waals surface area contributed by atoms with Crippen LogP contribution in [-0.4, -0.2) is 54.9 Å². The molecule has 0 bridgehead atoms. The van der Waals surface area contributed by atoms with Gasteiger partial charge in [-0.15, -0.1) is 5.10 Å². The van der Waals surface area contributed by atoms with Crippen molar-refractivity contribution in [2.75, 3.05) is 12.3 Å². The average molecular weight is 321 g/mol. The maximum Gasteiger partial charge on any atom is 0.408 e. The Balaban J connectivity index is 1.69. The summed E-state index contributed by atoms with van der Waals surface area (Å²) in [6.45, 7) is 0.182. The van der Waals surface area contributed by atoms with Crippen LogP contribution in [0.2, 0.25) is 0 Å². The molecule has 1 aromatic heterocycles. The normalized spacial score (nSPS) is 27.6. The van der Waals surface area contributed by atoms with E-state index in [9.17, 15) is 13.2 Å². The lowest BCUT2D eigenvalue weighted by Gasteiger charge is -2.43. The number of halogens is 3. The van der Waals surface area contributed by atoms with Gasteiger partial charge in [-0.1, -0.05) is 12.8 Å². The summed E-state index contributed by atoms with van der Waals surface area (Å²) >= 11 is 2.00. The van der Waals surface area contributed by atoms with E-state index in [0.29, 0.717) is 23.7 Å². The predicted molar refractivity (Wildman–Crippen MR) is 72.8 cm³/mol. The van der Waals surface area contributed by atoms with Gasteiger partial charge in [-0.05, 0) is 23.3 Å². The zero-order valence-electron chi connectivity index (χ0n) is 11.6. The number of hydrogen-bond donors (Lipinski definition) is 0. The van der Waals surface area contributed by atoms with Gasteiger partial charge < -0.3 is 0 Å². The molecule has 1 aliphatic heterocycles. The van der Waals surface area contributed by atoms with Gasteiger partial charge in [-0.2, -0.15) is 24.9 Å². The monoisotopic (exact) mass is 321 g/mol. The van der Waals surface area contributed by atoms with E-state index >= 15 is 0 Å². The van der Waals surface area contributed by atoms with E-state index in [1.807, 2.05) is 11.8 Å². The minimum atomic E-state index is -4.30. The second kappa shape index (κ2) is 6.12. The topological polar surface area (TPSA) is 46.8 Å². The van der Waals surface area contributed by atoms with Gasteiger partial charge in [-0.3, -0.25) is 4.90 Å². The second-order valence-corrected chi connectivity index (χ2v) is 6.95. The maximum atomic E-state index is 12.5. The van der Waals surface area contributed by atoms with Crippen molar-refractivity contribution in [3.05, 3.63) is 5.82 Å². The van der Waals surface area contributed by atoms with Crippen LogP contribution in [0.1, 0.15) is 31.5 Å². The summed E-state index contributed by atoms with van der Waals surface area (Å²) in [5, 5.41) is 11.3. The molecule has 21 heavy (non-hydrogen) atoms. The molecule has 5 nitrogen and oxygen atoms in total. The van der Waals surface area contributed by atoms with Crippen LogP contribution in [-0.2, 0) is 13.1 Å². The molecule has 2 fully saturated rings. The van der Waals surface area contributed by atoms with Crippen LogP contribution < -0.4 is 0 Å². The number of rotatable bonds is 3. The van der Waals surface area contributed by atoms with Gasteiger partial charge >= 0.3 is 6.18 Å². The molecule has 0 N–H and O–H groups in total. The first-order valence-electron chi connectivity index (χ1n) is 7.20. The van der Waals surface area contributed by atoms with E-state index in [1.165, 1.54) is 19.3 Å². The summed E-state index contributed by atoms with van der Waals surface area (Å²) in [6.07, 6.45) is 0.493. The molecule has 0 amide bonds. The standard InChI is InChI=1S/C12H18F3N5S/c13-12(14,15)8-20-11(16-17-18-20)7-19-5-6-21-10-4-2-1-3-9(10)19/h9-10H,1-8H2/t9-,10+/m0/s1. The van der Waals surface area contributed by atoms with Crippen molar-refractivity contribution in [1.29, 1.82) is 0 Å². The molecule has 118 valence electrons. The molecular formula is C12H18F3N5S. The van der Waals surface area contributed by atoms with E-state index in [-0.39, 0.29) is 0 Å². The molecule has 1 aliphatic carbocycles. The van der Waals surface area contributed by atoms with E-state index in [4.69, 9.17) is 0 Å². The molecule has 1 saturated heterocycles. The lowest BCUT2D eigenvalue weighted by molar-refractivity contribution is -0.143. The summed E-state index contributed by atoms with van der Waals surface area (Å²) in [6, 6.07) is 0.452. The number of aromatic nitrogens is 4. The largest absolute Gasteiger partial charge is 0.408 e. The van der Waals surface area contributed by atoms with Gasteiger partial charge in [0.25, 0.3) is 0 Å². The first-order chi connectivity index (χ1) is 10.0. The molecule has 9 heteroatoms. The quantitative estimate of drug-likeness (QED) is 0.853. The highest BCUT2D eigenvalue weighted by atomic mass is 32.2. The summed E-state index contributed by atoms with van der Waals surface area (Å²) in [4.78, 5) is 2.26. The Morgan fingerprint density at radius 2 is 2.05 bits per heavy atom. The van der Waals surface area contributed by atoms with Crippen LogP contribution in [0.5, 0.6) is 0 Å². The SMILES string of the molecule is FC(F)(F)Cn1nnnc1CN1CCS[C@@H]2CCCC[C@@H]21. The molecule has 1 aromatic rings. The van der Waals surface area contributed by atoms with Crippen LogP contribution in [0.25, 0.3) is 0 Å². The van der Waals surface area contributed by atoms with E-state index in [2.05, 4.69) is 20.4 Å². The fraction of sp³-hybridized carbons (Fsp3) is 0.917. The third-order valence-electron chi connectivity index (χ3n) is 4.13. The summed E-state index contributed by atoms with van der Waals surface area (Å²) in [5.41, 5.74) is 0. The Kier molecular flexibility index (Phi) is 4.39. The Morgan fingerprint density at radius 3 is 2.86 bits per heavy atom. The fourth-order valence-corrected chi connectivity index (χ4v) is 4.69. The lowest BCUT2D eigenvalue weighted by atomic mass is 9.93. The number of alkyl halides is 3. The van der Waals surface area contributed by atoms with E-state index in [0.717, 1.165) is 23.4 Å². The molecule has 2 heterocycles. The Bertz CT molecular complexity index is 476. The third kappa shape index (κ3) is 3.68. The summed E-state index contributed by atoms with van der Waals surface area (Å²) in [5.74, 6) is 1.34. The number of thioether (sulfide) groups is 1. The van der Waals surface area contributed by atoms with Gasteiger partial charge in [0, 0.05) is 23.6 Å². The second-order valence-electron chi connectivity index (χ2n) is 5.60. The van der Waals surface area contributed by atoms with Crippen LogP contribution >= 0.6 is 11.8 Å². The molecule has 2 atom stereocenters. The van der Waals surface area contributed by atoms with Crippen molar-refractivity contribution in [3.63, 3.8) is 0 Å². The van der Waals surface area contributed by atoms with Crippen LogP contribution in [0, 0.1) is 0 Å². The number of tetrazole rings is 1. The van der Waals surface area contributed by atoms with Crippen LogP contribution in [0.4, 0.5) is 13.2 Å². The molecule has 1 saturated carbocycles. The molecule has 2 aliphatic rings. The van der Waals surface area contributed by atoms with Crippen molar-refractivity contribution in [3.8, 4) is 0 Å². The smallest absolute Gasteiger partial charge is 0.291 e. The first kappa shape index (κ1) is 15.1. The zero-order valence-corrected chi connectivity index (χ0v) is 12.4.